The van der Waals surface area contributed by atoms with Crippen LogP contribution in [0.15, 0.2) is 18.2 Å². The van der Waals surface area contributed by atoms with E-state index >= 15 is 0 Å². The van der Waals surface area contributed by atoms with E-state index in [2.05, 4.69) is 0 Å². The van der Waals surface area contributed by atoms with E-state index in [-0.39, 0.29) is 18.9 Å². The van der Waals surface area contributed by atoms with Crippen LogP contribution in [0.3, 0.4) is 0 Å². The second-order valence-electron chi connectivity index (χ2n) is 4.36. The molecule has 0 aliphatic carbocycles. The molecule has 0 aliphatic rings. The summed E-state index contributed by atoms with van der Waals surface area (Å²) in [4.78, 5) is 23.5. The molecule has 0 bridgehead atoms. The zero-order valence-corrected chi connectivity index (χ0v) is 11.9. The number of hydrogen-bond acceptors (Lipinski definition) is 4. The number of aliphatic carboxylic acids is 1. The Morgan fingerprint density at radius 3 is 2.15 bits per heavy atom. The first kappa shape index (κ1) is 15.8. The van der Waals surface area contributed by atoms with Gasteiger partial charge in [0, 0.05) is 19.5 Å². The summed E-state index contributed by atoms with van der Waals surface area (Å²) in [5, 5.41) is 8.63. The lowest BCUT2D eigenvalue weighted by Gasteiger charge is -2.14. The van der Waals surface area contributed by atoms with Gasteiger partial charge >= 0.3 is 5.97 Å². The van der Waals surface area contributed by atoms with Gasteiger partial charge in [-0.25, -0.2) is 0 Å². The zero-order valence-electron chi connectivity index (χ0n) is 11.9. The lowest BCUT2D eigenvalue weighted by atomic mass is 10.1. The van der Waals surface area contributed by atoms with Crippen molar-refractivity contribution in [3.05, 3.63) is 23.8 Å². The molecule has 20 heavy (non-hydrogen) atoms. The van der Waals surface area contributed by atoms with E-state index in [9.17, 15) is 9.59 Å². The summed E-state index contributed by atoms with van der Waals surface area (Å²) in [6.45, 7) is -0.291. The van der Waals surface area contributed by atoms with Gasteiger partial charge in [-0.1, -0.05) is 0 Å². The molecule has 0 unspecified atom stereocenters. The summed E-state index contributed by atoms with van der Waals surface area (Å²) in [6, 6.07) is 5.40. The largest absolute Gasteiger partial charge is 0.497 e. The van der Waals surface area contributed by atoms with E-state index in [1.165, 1.54) is 11.9 Å². The number of amides is 1. The van der Waals surface area contributed by atoms with Crippen molar-refractivity contribution in [2.24, 2.45) is 0 Å². The van der Waals surface area contributed by atoms with Gasteiger partial charge in [-0.2, -0.15) is 0 Å². The van der Waals surface area contributed by atoms with Gasteiger partial charge in [0.1, 0.15) is 18.0 Å². The van der Waals surface area contributed by atoms with Gasteiger partial charge in [-0.05, 0) is 24.1 Å². The Labute approximate surface area is 117 Å². The van der Waals surface area contributed by atoms with Crippen LogP contribution in [0.25, 0.3) is 0 Å². The Kier molecular flexibility index (Phi) is 5.83. The molecule has 6 nitrogen and oxygen atoms in total. The number of carbonyl (C=O) groups is 2. The molecule has 110 valence electrons. The normalized spacial score (nSPS) is 9.95. The number of aryl methyl sites for hydroxylation is 1. The highest BCUT2D eigenvalue weighted by Gasteiger charge is 2.12. The minimum absolute atomic E-state index is 0.214. The maximum Gasteiger partial charge on any atom is 0.323 e. The highest BCUT2D eigenvalue weighted by Crippen LogP contribution is 2.23. The van der Waals surface area contributed by atoms with Crippen molar-refractivity contribution in [2.45, 2.75) is 12.8 Å². The third kappa shape index (κ3) is 4.79. The average molecular weight is 281 g/mol. The Morgan fingerprint density at radius 1 is 1.15 bits per heavy atom. The van der Waals surface area contributed by atoms with Crippen molar-refractivity contribution in [3.8, 4) is 11.5 Å². The fourth-order valence-electron chi connectivity index (χ4n) is 1.74. The Hall–Kier alpha value is -2.24. The Bertz CT molecular complexity index is 464. The minimum atomic E-state index is -1.02. The first-order valence-electron chi connectivity index (χ1n) is 6.14. The van der Waals surface area contributed by atoms with Crippen LogP contribution < -0.4 is 9.47 Å². The molecule has 0 aliphatic heterocycles. The number of carbonyl (C=O) groups excluding carboxylic acids is 1. The zero-order chi connectivity index (χ0) is 15.1. The molecule has 0 spiro atoms. The monoisotopic (exact) mass is 281 g/mol. The quantitative estimate of drug-likeness (QED) is 0.812. The second kappa shape index (κ2) is 7.37. The SMILES string of the molecule is COc1cc(CCC(=O)N(C)CC(=O)O)cc(OC)c1. The molecule has 1 rings (SSSR count). The molecule has 1 N–H and O–H groups in total. The molecule has 0 saturated carbocycles. The number of nitrogens with zero attached hydrogens (tertiary/aromatic N) is 1. The first-order chi connectivity index (χ1) is 9.46. The summed E-state index contributed by atoms with van der Waals surface area (Å²) in [5.41, 5.74) is 0.901. The molecule has 0 atom stereocenters. The van der Waals surface area contributed by atoms with Crippen LogP contribution in [0.2, 0.25) is 0 Å². The molecule has 1 aromatic rings. The molecule has 0 saturated heterocycles. The summed E-state index contributed by atoms with van der Waals surface area (Å²) < 4.78 is 10.3. The highest BCUT2D eigenvalue weighted by molar-refractivity contribution is 5.81. The number of rotatable bonds is 7. The van der Waals surface area contributed by atoms with Crippen LogP contribution in [-0.2, 0) is 16.0 Å². The Balaban J connectivity index is 2.65. The van der Waals surface area contributed by atoms with Crippen LogP contribution in [0.5, 0.6) is 11.5 Å². The second-order valence-corrected chi connectivity index (χ2v) is 4.36. The number of carboxylic acid groups (broad SMARTS) is 1. The van der Waals surface area contributed by atoms with Crippen molar-refractivity contribution >= 4 is 11.9 Å². The van der Waals surface area contributed by atoms with Crippen molar-refractivity contribution < 1.29 is 24.2 Å². The molecule has 0 heterocycles. The van der Waals surface area contributed by atoms with Gasteiger partial charge in [0.05, 0.1) is 14.2 Å². The third-order valence-corrected chi connectivity index (χ3v) is 2.84. The van der Waals surface area contributed by atoms with E-state index in [0.717, 1.165) is 5.56 Å². The van der Waals surface area contributed by atoms with E-state index < -0.39 is 5.97 Å². The van der Waals surface area contributed by atoms with Gasteiger partial charge in [0.2, 0.25) is 5.91 Å². The highest BCUT2D eigenvalue weighted by atomic mass is 16.5. The minimum Gasteiger partial charge on any atom is -0.497 e. The predicted octanol–water partition coefficient (Wildman–Crippen LogP) is 1.18. The van der Waals surface area contributed by atoms with Gasteiger partial charge in [0.25, 0.3) is 0 Å². The molecule has 0 fully saturated rings. The topological polar surface area (TPSA) is 76.1 Å². The average Bonchev–Trinajstić information content (AvgIpc) is 2.43. The van der Waals surface area contributed by atoms with E-state index in [1.54, 1.807) is 20.3 Å². The van der Waals surface area contributed by atoms with E-state index in [4.69, 9.17) is 14.6 Å². The van der Waals surface area contributed by atoms with Crippen molar-refractivity contribution in [1.82, 2.24) is 4.90 Å². The molecular formula is C14H19NO5. The summed E-state index contributed by atoms with van der Waals surface area (Å²) in [5.74, 6) is 0.0782. The summed E-state index contributed by atoms with van der Waals surface area (Å²) in [6.07, 6.45) is 0.733. The fourth-order valence-corrected chi connectivity index (χ4v) is 1.74. The van der Waals surface area contributed by atoms with Gasteiger partial charge in [-0.3, -0.25) is 9.59 Å². The lowest BCUT2D eigenvalue weighted by Crippen LogP contribution is -2.32. The van der Waals surface area contributed by atoms with Crippen molar-refractivity contribution in [2.75, 3.05) is 27.8 Å². The lowest BCUT2D eigenvalue weighted by molar-refractivity contribution is -0.143. The molecular weight excluding hydrogens is 262 g/mol. The van der Waals surface area contributed by atoms with Gasteiger partial charge in [0.15, 0.2) is 0 Å². The van der Waals surface area contributed by atoms with Crippen LogP contribution in [0.4, 0.5) is 0 Å². The number of likely N-dealkylation sites (N-methyl/N-ethyl adjacent to an activating group) is 1. The third-order valence-electron chi connectivity index (χ3n) is 2.84. The van der Waals surface area contributed by atoms with Crippen molar-refractivity contribution in [3.63, 3.8) is 0 Å². The molecule has 1 amide bonds. The number of benzene rings is 1. The van der Waals surface area contributed by atoms with E-state index in [1.807, 2.05) is 12.1 Å². The van der Waals surface area contributed by atoms with E-state index in [0.29, 0.717) is 17.9 Å². The smallest absolute Gasteiger partial charge is 0.323 e. The van der Waals surface area contributed by atoms with Crippen LogP contribution in [0.1, 0.15) is 12.0 Å². The number of ether oxygens (including phenoxy) is 2. The standard InChI is InChI=1S/C14H19NO5/c1-15(9-14(17)18)13(16)5-4-10-6-11(19-2)8-12(7-10)20-3/h6-8H,4-5,9H2,1-3H3,(H,17,18). The van der Waals surface area contributed by atoms with Crippen LogP contribution in [0, 0.1) is 0 Å². The molecule has 0 radical (unpaired) electrons. The van der Waals surface area contributed by atoms with Crippen LogP contribution >= 0.6 is 0 Å². The van der Waals surface area contributed by atoms with Crippen molar-refractivity contribution in [1.29, 1.82) is 0 Å². The predicted molar refractivity (Wildman–Crippen MR) is 73.1 cm³/mol. The number of hydrogen-bond donors (Lipinski definition) is 1. The summed E-state index contributed by atoms with van der Waals surface area (Å²) in [7, 11) is 4.59. The molecule has 6 heteroatoms. The maximum atomic E-state index is 11.8. The number of methoxy groups -OCH3 is 2. The van der Waals surface area contributed by atoms with Crippen LogP contribution in [-0.4, -0.2) is 49.7 Å². The summed E-state index contributed by atoms with van der Waals surface area (Å²) >= 11 is 0. The molecule has 1 aromatic carbocycles. The fraction of sp³-hybridized carbons (Fsp3) is 0.429. The molecule has 0 aromatic heterocycles. The van der Waals surface area contributed by atoms with Gasteiger partial charge in [-0.15, -0.1) is 0 Å². The maximum absolute atomic E-state index is 11.8. The number of carboxylic acids is 1. The van der Waals surface area contributed by atoms with Gasteiger partial charge < -0.3 is 19.5 Å². The first-order valence-corrected chi connectivity index (χ1v) is 6.14. The Morgan fingerprint density at radius 2 is 1.70 bits per heavy atom.